The Morgan fingerprint density at radius 1 is 1.43 bits per heavy atom. The summed E-state index contributed by atoms with van der Waals surface area (Å²) in [5.74, 6) is -1.58. The van der Waals surface area contributed by atoms with Gasteiger partial charge in [-0.15, -0.1) is 0 Å². The van der Waals surface area contributed by atoms with Crippen molar-refractivity contribution >= 4 is 17.2 Å². The molecule has 0 aromatic carbocycles. The van der Waals surface area contributed by atoms with Crippen LogP contribution in [0.3, 0.4) is 0 Å². The van der Waals surface area contributed by atoms with Gasteiger partial charge in [0.05, 0.1) is 35.5 Å². The minimum Gasteiger partial charge on any atom is -1.00 e. The average Bonchev–Trinajstić information content (AvgIpc) is 3.34. The van der Waals surface area contributed by atoms with Crippen LogP contribution in [0.4, 0.5) is 10.1 Å². The van der Waals surface area contributed by atoms with Gasteiger partial charge >= 0.3 is 5.97 Å². The first-order valence-electron chi connectivity index (χ1n) is 10.1. The number of nitrogens with zero attached hydrogens (tertiary/aromatic N) is 2. The van der Waals surface area contributed by atoms with E-state index in [-0.39, 0.29) is 35.4 Å². The molecule has 4 N–H and O–H groups in total. The Labute approximate surface area is 179 Å². The molecule has 4 heterocycles. The molecule has 2 aromatic heterocycles. The van der Waals surface area contributed by atoms with Crippen molar-refractivity contribution in [1.29, 1.82) is 0 Å². The van der Waals surface area contributed by atoms with Gasteiger partial charge in [-0.05, 0) is 49.3 Å². The summed E-state index contributed by atoms with van der Waals surface area (Å²) in [6, 6.07) is 1.49. The third-order valence-corrected chi connectivity index (χ3v) is 7.00. The Hall–Kier alpha value is -2.16. The Balaban J connectivity index is 0.00000218. The largest absolute Gasteiger partial charge is 1.00 e. The highest BCUT2D eigenvalue weighted by Crippen LogP contribution is 2.46. The summed E-state index contributed by atoms with van der Waals surface area (Å²) in [7, 11) is 0. The lowest BCUT2D eigenvalue weighted by Gasteiger charge is -2.26. The van der Waals surface area contributed by atoms with E-state index in [9.17, 15) is 14.7 Å². The maximum Gasteiger partial charge on any atom is 0.341 e. The van der Waals surface area contributed by atoms with Crippen molar-refractivity contribution in [3.05, 3.63) is 45.1 Å². The van der Waals surface area contributed by atoms with Crippen LogP contribution in [-0.2, 0) is 4.74 Å². The summed E-state index contributed by atoms with van der Waals surface area (Å²) in [6.45, 7) is 4.54. The first-order chi connectivity index (χ1) is 13.9. The zero-order valence-electron chi connectivity index (χ0n) is 16.8. The Bertz CT molecular complexity index is 1100. The van der Waals surface area contributed by atoms with Gasteiger partial charge in [-0.2, -0.15) is 0 Å². The molecule has 30 heavy (non-hydrogen) atoms. The van der Waals surface area contributed by atoms with E-state index in [1.54, 1.807) is 0 Å². The molecule has 162 valence electrons. The van der Waals surface area contributed by atoms with E-state index in [1.165, 1.54) is 10.5 Å². The predicted octanol–water partition coefficient (Wildman–Crippen LogP) is -1.84. The van der Waals surface area contributed by atoms with Crippen molar-refractivity contribution in [3.8, 4) is 0 Å². The number of fused-ring (bicyclic) bond motifs is 2. The Kier molecular flexibility index (Phi) is 5.07. The monoisotopic (exact) mass is 437 g/mol. The summed E-state index contributed by atoms with van der Waals surface area (Å²) in [4.78, 5) is 26.3. The second-order valence-electron chi connectivity index (χ2n) is 8.67. The zero-order valence-corrected chi connectivity index (χ0v) is 17.5. The summed E-state index contributed by atoms with van der Waals surface area (Å²) in [6.07, 6.45) is 4.01. The van der Waals surface area contributed by atoms with E-state index in [0.717, 1.165) is 37.6 Å². The van der Waals surface area contributed by atoms with Crippen molar-refractivity contribution in [3.63, 3.8) is 0 Å². The Morgan fingerprint density at radius 3 is 2.77 bits per heavy atom. The molecular formula is C21H25ClFN3O4. The van der Waals surface area contributed by atoms with Gasteiger partial charge in [-0.3, -0.25) is 9.20 Å². The van der Waals surface area contributed by atoms with Gasteiger partial charge in [0.2, 0.25) is 0 Å². The van der Waals surface area contributed by atoms with Gasteiger partial charge < -0.3 is 32.9 Å². The lowest BCUT2D eigenvalue weighted by molar-refractivity contribution is -0.392. The van der Waals surface area contributed by atoms with E-state index in [2.05, 4.69) is 5.73 Å². The first kappa shape index (κ1) is 21.1. The quantitative estimate of drug-likeness (QED) is 0.586. The fourth-order valence-corrected chi connectivity index (χ4v) is 5.24. The smallest absolute Gasteiger partial charge is 0.341 e. The highest BCUT2D eigenvalue weighted by Gasteiger charge is 2.52. The lowest BCUT2D eigenvalue weighted by atomic mass is 9.84. The summed E-state index contributed by atoms with van der Waals surface area (Å²) in [5, 5.41) is 9.43. The van der Waals surface area contributed by atoms with Crippen molar-refractivity contribution < 1.29 is 37.2 Å². The van der Waals surface area contributed by atoms with Crippen LogP contribution in [0.2, 0.25) is 0 Å². The third kappa shape index (κ3) is 2.92. The third-order valence-electron chi connectivity index (χ3n) is 7.00. The molecule has 3 aliphatic rings. The number of carboxylic acid groups (broad SMARTS) is 1. The predicted molar refractivity (Wildman–Crippen MR) is 104 cm³/mol. The number of carbonyl (C=O) groups is 1. The van der Waals surface area contributed by atoms with Crippen LogP contribution in [0.5, 0.6) is 0 Å². The Morgan fingerprint density at radius 2 is 2.17 bits per heavy atom. The number of halogens is 2. The normalized spacial score (nSPS) is 25.4. The van der Waals surface area contributed by atoms with Crippen molar-refractivity contribution in [1.82, 2.24) is 4.40 Å². The number of anilines is 1. The lowest BCUT2D eigenvalue weighted by Crippen LogP contribution is -3.00. The van der Waals surface area contributed by atoms with Gasteiger partial charge in [-0.1, -0.05) is 0 Å². The maximum absolute atomic E-state index is 15.3. The number of quaternary nitrogens is 1. The standard InChI is InChI=1S/C21H24FN3O4.ClH/c1-11-17-13(12-2-3-12)6-14(20(27)28)19(26)25(17)7-15(22)18(11)24-8-16-21(9-23,10-24)4-5-29-16;/h6-7,12,16H,2-5,8-10,23H2,1H3,(H,27,28);1H/t16-,21-;/m0./s1. The highest BCUT2D eigenvalue weighted by atomic mass is 35.5. The number of pyridine rings is 2. The number of ether oxygens (including phenoxy) is 1. The van der Waals surface area contributed by atoms with Crippen LogP contribution in [0, 0.1) is 18.2 Å². The van der Waals surface area contributed by atoms with Crippen LogP contribution in [-0.4, -0.2) is 47.8 Å². The van der Waals surface area contributed by atoms with Crippen LogP contribution < -0.4 is 28.6 Å². The van der Waals surface area contributed by atoms with Crippen molar-refractivity contribution in [2.75, 3.05) is 31.1 Å². The van der Waals surface area contributed by atoms with Gasteiger partial charge in [0.15, 0.2) is 5.82 Å². The van der Waals surface area contributed by atoms with Crippen LogP contribution >= 0.6 is 0 Å². The van der Waals surface area contributed by atoms with E-state index >= 15 is 4.39 Å². The zero-order chi connectivity index (χ0) is 20.5. The van der Waals surface area contributed by atoms with Gasteiger partial charge in [0.25, 0.3) is 5.56 Å². The number of rotatable bonds is 4. The minimum atomic E-state index is -1.28. The highest BCUT2D eigenvalue weighted by molar-refractivity contribution is 5.89. The van der Waals surface area contributed by atoms with Crippen LogP contribution in [0.1, 0.15) is 46.7 Å². The van der Waals surface area contributed by atoms with E-state index in [1.807, 2.05) is 11.8 Å². The second-order valence-corrected chi connectivity index (χ2v) is 8.67. The van der Waals surface area contributed by atoms with Gasteiger partial charge in [0.1, 0.15) is 5.56 Å². The molecule has 0 radical (unpaired) electrons. The van der Waals surface area contributed by atoms with Crippen molar-refractivity contribution in [2.45, 2.75) is 38.2 Å². The summed E-state index contributed by atoms with van der Waals surface area (Å²) in [5.41, 5.74) is 5.67. The fourth-order valence-electron chi connectivity index (χ4n) is 5.24. The van der Waals surface area contributed by atoms with Crippen molar-refractivity contribution in [2.24, 2.45) is 5.41 Å². The molecule has 7 nitrogen and oxygen atoms in total. The number of hydrogen-bond donors (Lipinski definition) is 2. The topological polar surface area (TPSA) is 98.9 Å². The van der Waals surface area contributed by atoms with E-state index in [0.29, 0.717) is 36.5 Å². The molecule has 1 saturated carbocycles. The SMILES string of the molecule is Cc1c(N2C[C@@H]3OCC[C@]3(C[NH3+])C2)c(F)cn2c(=O)c(C(=O)O)cc(C3CC3)c12.[Cl-]. The van der Waals surface area contributed by atoms with E-state index in [4.69, 9.17) is 4.74 Å². The molecule has 2 atom stereocenters. The first-order valence-corrected chi connectivity index (χ1v) is 10.1. The number of aryl methyl sites for hydroxylation is 1. The summed E-state index contributed by atoms with van der Waals surface area (Å²) >= 11 is 0. The number of hydrogen-bond acceptors (Lipinski definition) is 4. The second kappa shape index (κ2) is 7.21. The molecule has 2 aromatic rings. The molecule has 2 aliphatic heterocycles. The molecule has 3 fully saturated rings. The average molecular weight is 438 g/mol. The maximum atomic E-state index is 15.3. The molecule has 0 amide bonds. The number of carboxylic acids is 1. The summed E-state index contributed by atoms with van der Waals surface area (Å²) < 4.78 is 22.4. The molecule has 2 saturated heterocycles. The molecule has 5 rings (SSSR count). The fraction of sp³-hybridized carbons (Fsp3) is 0.524. The molecule has 0 bridgehead atoms. The molecule has 0 unspecified atom stereocenters. The number of aromatic carboxylic acids is 1. The minimum absolute atomic E-state index is 0. The number of aromatic nitrogens is 1. The van der Waals surface area contributed by atoms with Crippen LogP contribution in [0.25, 0.3) is 5.52 Å². The molecule has 0 spiro atoms. The van der Waals surface area contributed by atoms with Gasteiger partial charge in [-0.25, -0.2) is 9.18 Å². The molecule has 9 heteroatoms. The van der Waals surface area contributed by atoms with E-state index < -0.39 is 17.3 Å². The van der Waals surface area contributed by atoms with Gasteiger partial charge in [0, 0.05) is 19.7 Å². The molecular weight excluding hydrogens is 413 g/mol. The van der Waals surface area contributed by atoms with Crippen LogP contribution in [0.15, 0.2) is 17.1 Å². The molecule has 1 aliphatic carbocycles.